The zero-order valence-corrected chi connectivity index (χ0v) is 8.33. The van der Waals surface area contributed by atoms with Crippen molar-refractivity contribution in [1.29, 1.82) is 0 Å². The Bertz CT molecular complexity index is 378. The molecule has 0 atom stereocenters. The van der Waals surface area contributed by atoms with Gasteiger partial charge in [0.2, 0.25) is 0 Å². The monoisotopic (exact) mass is 185 g/mol. The van der Waals surface area contributed by atoms with E-state index in [2.05, 4.69) is 47.6 Å². The van der Waals surface area contributed by atoms with Crippen LogP contribution in [0, 0.1) is 6.92 Å². The topological polar surface area (TPSA) is 24.4 Å². The largest absolute Gasteiger partial charge is 0.369 e. The highest BCUT2D eigenvalue weighted by Crippen LogP contribution is 2.08. The van der Waals surface area contributed by atoms with E-state index >= 15 is 0 Å². The molecule has 0 fully saturated rings. The molecule has 1 heterocycles. The molecule has 0 spiro atoms. The number of hydrogen-bond donors (Lipinski definition) is 1. The van der Waals surface area contributed by atoms with Crippen LogP contribution in [0.15, 0.2) is 35.3 Å². The molecule has 0 radical (unpaired) electrons. The van der Waals surface area contributed by atoms with Crippen molar-refractivity contribution in [1.82, 2.24) is 5.32 Å². The second-order valence-electron chi connectivity index (χ2n) is 3.38. The smallest absolute Gasteiger partial charge is 0.120 e. The van der Waals surface area contributed by atoms with Gasteiger partial charge < -0.3 is 5.32 Å². The predicted octanol–water partition coefficient (Wildman–Crippen LogP) is 2.01. The van der Waals surface area contributed by atoms with Crippen molar-refractivity contribution in [3.63, 3.8) is 0 Å². The molecule has 2 nitrogen and oxygen atoms in total. The summed E-state index contributed by atoms with van der Waals surface area (Å²) < 4.78 is 0. The average molecular weight is 185 g/mol. The number of benzene rings is 1. The molecule has 1 aliphatic rings. The molecule has 14 heavy (non-hydrogen) atoms. The van der Waals surface area contributed by atoms with Crippen molar-refractivity contribution < 1.29 is 0 Å². The van der Waals surface area contributed by atoms with Crippen LogP contribution in [0.25, 0.3) is 6.08 Å². The van der Waals surface area contributed by atoms with E-state index in [-0.39, 0.29) is 0 Å². The number of amidine groups is 1. The lowest BCUT2D eigenvalue weighted by molar-refractivity contribution is 0.961. The molecule has 0 saturated carbocycles. The molecule has 0 unspecified atom stereocenters. The first-order valence-corrected chi connectivity index (χ1v) is 4.88. The minimum Gasteiger partial charge on any atom is -0.369 e. The van der Waals surface area contributed by atoms with E-state index in [0.29, 0.717) is 0 Å². The highest BCUT2D eigenvalue weighted by atomic mass is 15.1. The number of nitrogens with one attached hydrogen (secondary N) is 1. The fourth-order valence-corrected chi connectivity index (χ4v) is 1.47. The van der Waals surface area contributed by atoms with Gasteiger partial charge in [-0.3, -0.25) is 4.99 Å². The Morgan fingerprint density at radius 2 is 2.14 bits per heavy atom. The standard InChI is InChI=1S/C12H14N2/c1-10-4-2-3-5-11(10)6-7-12-13-8-9-14-12/h2-7H,8-9H2,1H3,(H,13,14)/b7-6+/i1-1. The van der Waals surface area contributed by atoms with Crippen LogP contribution >= 0.6 is 0 Å². The number of hydrogen-bond acceptors (Lipinski definition) is 2. The van der Waals surface area contributed by atoms with Gasteiger partial charge in [-0.15, -0.1) is 0 Å². The lowest BCUT2D eigenvalue weighted by Gasteiger charge is -1.98. The minimum absolute atomic E-state index is 0.896. The second-order valence-corrected chi connectivity index (χ2v) is 3.38. The minimum atomic E-state index is 0.896. The average Bonchev–Trinajstić information content (AvgIpc) is 2.69. The van der Waals surface area contributed by atoms with Crippen LogP contribution in [-0.2, 0) is 0 Å². The molecule has 72 valence electrons. The maximum absolute atomic E-state index is 4.30. The molecule has 0 aliphatic carbocycles. The summed E-state index contributed by atoms with van der Waals surface area (Å²) in [6.45, 7) is 3.98. The van der Waals surface area contributed by atoms with Gasteiger partial charge >= 0.3 is 0 Å². The van der Waals surface area contributed by atoms with Crippen molar-refractivity contribution >= 4 is 11.9 Å². The number of aliphatic imine (C=N–C) groups is 1. The van der Waals surface area contributed by atoms with E-state index in [9.17, 15) is 0 Å². The summed E-state index contributed by atoms with van der Waals surface area (Å²) in [6, 6.07) is 8.33. The van der Waals surface area contributed by atoms with Crippen molar-refractivity contribution in [3.8, 4) is 0 Å². The van der Waals surface area contributed by atoms with Gasteiger partial charge in [0.15, 0.2) is 0 Å². The first-order valence-electron chi connectivity index (χ1n) is 4.88. The van der Waals surface area contributed by atoms with Crippen molar-refractivity contribution in [2.75, 3.05) is 13.1 Å². The number of nitrogens with zero attached hydrogens (tertiary/aromatic N) is 1. The van der Waals surface area contributed by atoms with Crippen molar-refractivity contribution in [2.24, 2.45) is 4.99 Å². The van der Waals surface area contributed by atoms with Gasteiger partial charge in [0.05, 0.1) is 6.54 Å². The zero-order valence-electron chi connectivity index (χ0n) is 8.33. The maximum atomic E-state index is 4.30. The molecule has 0 amide bonds. The molecular formula is C12H14N2. The Labute approximate surface area is 84.4 Å². The second kappa shape index (κ2) is 4.09. The van der Waals surface area contributed by atoms with Crippen LogP contribution in [0.3, 0.4) is 0 Å². The lowest BCUT2D eigenvalue weighted by Crippen LogP contribution is -2.15. The van der Waals surface area contributed by atoms with Crippen molar-refractivity contribution in [3.05, 3.63) is 41.5 Å². The maximum Gasteiger partial charge on any atom is 0.120 e. The van der Waals surface area contributed by atoms with Crippen LogP contribution in [-0.4, -0.2) is 18.9 Å². The third-order valence-corrected chi connectivity index (χ3v) is 2.31. The summed E-state index contributed by atoms with van der Waals surface area (Å²) in [4.78, 5) is 4.30. The Morgan fingerprint density at radius 1 is 1.29 bits per heavy atom. The third-order valence-electron chi connectivity index (χ3n) is 2.31. The molecule has 1 aromatic carbocycles. The normalized spacial score (nSPS) is 15.6. The SMILES string of the molecule is [11CH3]c1ccccc1/C=C/C1=NCCN1. The van der Waals surface area contributed by atoms with Crippen LogP contribution in [0.2, 0.25) is 0 Å². The Hall–Kier alpha value is -1.57. The number of rotatable bonds is 2. The molecule has 1 aromatic rings. The fourth-order valence-electron chi connectivity index (χ4n) is 1.47. The molecular weight excluding hydrogens is 171 g/mol. The van der Waals surface area contributed by atoms with Gasteiger partial charge in [0.1, 0.15) is 5.84 Å². The van der Waals surface area contributed by atoms with E-state index < -0.39 is 0 Å². The molecule has 0 aromatic heterocycles. The molecule has 0 bridgehead atoms. The van der Waals surface area contributed by atoms with Gasteiger partial charge in [-0.2, -0.15) is 0 Å². The van der Waals surface area contributed by atoms with Gasteiger partial charge in [-0.05, 0) is 24.1 Å². The van der Waals surface area contributed by atoms with Gasteiger partial charge in [-0.25, -0.2) is 0 Å². The van der Waals surface area contributed by atoms with Crippen molar-refractivity contribution in [2.45, 2.75) is 6.92 Å². The third kappa shape index (κ3) is 2.02. The van der Waals surface area contributed by atoms with Crippen LogP contribution in [0.1, 0.15) is 11.1 Å². The molecule has 1 N–H and O–H groups in total. The van der Waals surface area contributed by atoms with Gasteiger partial charge in [0, 0.05) is 6.54 Å². The van der Waals surface area contributed by atoms with E-state index in [0.717, 1.165) is 18.9 Å². The predicted molar refractivity (Wildman–Crippen MR) is 60.5 cm³/mol. The first kappa shape index (κ1) is 9.00. The molecule has 1 aliphatic heterocycles. The highest BCUT2D eigenvalue weighted by molar-refractivity contribution is 5.97. The molecule has 2 heteroatoms. The Morgan fingerprint density at radius 3 is 2.86 bits per heavy atom. The zero-order chi connectivity index (χ0) is 9.80. The summed E-state index contributed by atoms with van der Waals surface area (Å²) >= 11 is 0. The van der Waals surface area contributed by atoms with E-state index in [1.807, 2.05) is 6.08 Å². The highest BCUT2D eigenvalue weighted by Gasteiger charge is 1.99. The summed E-state index contributed by atoms with van der Waals surface area (Å²) in [6.07, 6.45) is 4.14. The van der Waals surface area contributed by atoms with Crippen LogP contribution in [0.4, 0.5) is 0 Å². The quantitative estimate of drug-likeness (QED) is 0.749. The first-order chi connectivity index (χ1) is 6.86. The van der Waals surface area contributed by atoms with Crippen LogP contribution in [0.5, 0.6) is 0 Å². The Kier molecular flexibility index (Phi) is 2.63. The summed E-state index contributed by atoms with van der Waals surface area (Å²) in [5.41, 5.74) is 2.55. The molecule has 0 saturated heterocycles. The van der Waals surface area contributed by atoms with E-state index in [1.54, 1.807) is 0 Å². The molecule has 2 rings (SSSR count). The number of aryl methyl sites for hydroxylation is 1. The summed E-state index contributed by atoms with van der Waals surface area (Å²) in [5.74, 6) is 0.994. The lowest BCUT2D eigenvalue weighted by atomic mass is 9.96. The Balaban J connectivity index is 2.13. The summed E-state index contributed by atoms with van der Waals surface area (Å²) in [5, 5.41) is 3.21. The van der Waals surface area contributed by atoms with Gasteiger partial charge in [0.25, 0.3) is 0 Å². The fraction of sp³-hybridized carbons (Fsp3) is 0.250. The van der Waals surface area contributed by atoms with Crippen LogP contribution < -0.4 is 5.32 Å². The summed E-state index contributed by atoms with van der Waals surface area (Å²) in [7, 11) is 0. The van der Waals surface area contributed by atoms with E-state index in [1.165, 1.54) is 11.1 Å². The van der Waals surface area contributed by atoms with E-state index in [4.69, 9.17) is 0 Å². The van der Waals surface area contributed by atoms with Gasteiger partial charge in [-0.1, -0.05) is 30.3 Å².